The number of amides is 2. The molecule has 0 aliphatic heterocycles. The molecule has 0 radical (unpaired) electrons. The van der Waals surface area contributed by atoms with Crippen LogP contribution in [0.1, 0.15) is 12.0 Å². The summed E-state index contributed by atoms with van der Waals surface area (Å²) in [5.74, 6) is -0.866. The third-order valence-electron chi connectivity index (χ3n) is 2.61. The number of halogens is 1. The van der Waals surface area contributed by atoms with Gasteiger partial charge in [-0.1, -0.05) is 18.2 Å². The van der Waals surface area contributed by atoms with E-state index in [2.05, 4.69) is 10.6 Å². The molecule has 7 heteroatoms. The summed E-state index contributed by atoms with van der Waals surface area (Å²) in [5, 5.41) is 13.8. The molecule has 0 saturated heterocycles. The summed E-state index contributed by atoms with van der Waals surface area (Å²) in [4.78, 5) is 22.5. The zero-order chi connectivity index (χ0) is 15.0. The first-order chi connectivity index (χ1) is 9.54. The summed E-state index contributed by atoms with van der Waals surface area (Å²) in [6.45, 7) is 0.00731. The summed E-state index contributed by atoms with van der Waals surface area (Å²) in [6, 6.07) is 4.51. The van der Waals surface area contributed by atoms with Crippen LogP contribution in [0.15, 0.2) is 24.3 Å². The highest BCUT2D eigenvalue weighted by Gasteiger charge is 2.19. The van der Waals surface area contributed by atoms with Gasteiger partial charge in [0.05, 0.1) is 0 Å². The van der Waals surface area contributed by atoms with Crippen LogP contribution in [0, 0.1) is 5.82 Å². The van der Waals surface area contributed by atoms with Gasteiger partial charge in [0.2, 0.25) is 0 Å². The van der Waals surface area contributed by atoms with Gasteiger partial charge in [0, 0.05) is 12.1 Å². The summed E-state index contributed by atoms with van der Waals surface area (Å²) in [5.41, 5.74) is 0.346. The molecule has 0 heterocycles. The van der Waals surface area contributed by atoms with Crippen LogP contribution in [0.25, 0.3) is 0 Å². The molecular weight excluding hydrogens is 283 g/mol. The van der Waals surface area contributed by atoms with Crippen LogP contribution in [-0.2, 0) is 11.3 Å². The van der Waals surface area contributed by atoms with Gasteiger partial charge in [-0.2, -0.15) is 11.8 Å². The van der Waals surface area contributed by atoms with Crippen LogP contribution < -0.4 is 10.6 Å². The van der Waals surface area contributed by atoms with Gasteiger partial charge in [0.25, 0.3) is 0 Å². The predicted octanol–water partition coefficient (Wildman–Crippen LogP) is 1.83. The minimum absolute atomic E-state index is 0.00731. The van der Waals surface area contributed by atoms with Crippen molar-refractivity contribution in [3.8, 4) is 0 Å². The Labute approximate surface area is 120 Å². The van der Waals surface area contributed by atoms with Crippen LogP contribution in [-0.4, -0.2) is 35.2 Å². The molecule has 0 fully saturated rings. The average Bonchev–Trinajstić information content (AvgIpc) is 2.42. The quantitative estimate of drug-likeness (QED) is 0.718. The standard InChI is InChI=1S/C13H17FN2O3S/c1-20-7-6-11(12(17)18)16-13(19)15-8-9-4-2-3-5-10(9)14/h2-5,11H,6-8H2,1H3,(H,17,18)(H2,15,16,19)/t11-/m0/s1. The Balaban J connectivity index is 2.46. The van der Waals surface area contributed by atoms with Crippen molar-refractivity contribution in [1.29, 1.82) is 0 Å². The minimum Gasteiger partial charge on any atom is -0.480 e. The number of benzene rings is 1. The lowest BCUT2D eigenvalue weighted by Crippen LogP contribution is -2.46. The number of carboxylic acids is 1. The number of aliphatic carboxylic acids is 1. The molecule has 0 saturated carbocycles. The Morgan fingerprint density at radius 1 is 1.40 bits per heavy atom. The molecular formula is C13H17FN2O3S. The van der Waals surface area contributed by atoms with E-state index in [0.29, 0.717) is 17.7 Å². The van der Waals surface area contributed by atoms with Crippen molar-refractivity contribution in [3.63, 3.8) is 0 Å². The van der Waals surface area contributed by atoms with Gasteiger partial charge in [0.1, 0.15) is 11.9 Å². The number of urea groups is 1. The Kier molecular flexibility index (Phi) is 6.86. The van der Waals surface area contributed by atoms with E-state index in [-0.39, 0.29) is 6.54 Å². The molecule has 0 aromatic heterocycles. The number of carbonyl (C=O) groups excluding carboxylic acids is 1. The lowest BCUT2D eigenvalue weighted by molar-refractivity contribution is -0.139. The maximum absolute atomic E-state index is 13.3. The number of thioether (sulfide) groups is 1. The van der Waals surface area contributed by atoms with E-state index in [4.69, 9.17) is 5.11 Å². The predicted molar refractivity (Wildman–Crippen MR) is 76.2 cm³/mol. The van der Waals surface area contributed by atoms with Crippen LogP contribution in [0.5, 0.6) is 0 Å². The Morgan fingerprint density at radius 2 is 2.10 bits per heavy atom. The second-order valence-electron chi connectivity index (χ2n) is 4.09. The molecule has 5 nitrogen and oxygen atoms in total. The normalized spacial score (nSPS) is 11.7. The number of carboxylic acid groups (broad SMARTS) is 1. The lowest BCUT2D eigenvalue weighted by Gasteiger charge is -2.14. The molecule has 1 rings (SSSR count). The molecule has 1 aromatic rings. The SMILES string of the molecule is CSCC[C@H](NC(=O)NCc1ccccc1F)C(=O)O. The summed E-state index contributed by atoms with van der Waals surface area (Å²) >= 11 is 1.50. The van der Waals surface area contributed by atoms with Crippen LogP contribution in [0.3, 0.4) is 0 Å². The molecule has 0 aliphatic carbocycles. The van der Waals surface area contributed by atoms with Gasteiger partial charge >= 0.3 is 12.0 Å². The Bertz CT molecular complexity index is 471. The van der Waals surface area contributed by atoms with Crippen molar-refractivity contribution in [2.45, 2.75) is 19.0 Å². The van der Waals surface area contributed by atoms with E-state index in [1.807, 2.05) is 6.26 Å². The van der Waals surface area contributed by atoms with Gasteiger partial charge in [-0.05, 0) is 24.5 Å². The van der Waals surface area contributed by atoms with Crippen LogP contribution in [0.4, 0.5) is 9.18 Å². The molecule has 0 unspecified atom stereocenters. The highest BCUT2D eigenvalue weighted by Crippen LogP contribution is 2.05. The lowest BCUT2D eigenvalue weighted by atomic mass is 10.2. The van der Waals surface area contributed by atoms with Crippen molar-refractivity contribution < 1.29 is 19.1 Å². The second-order valence-corrected chi connectivity index (χ2v) is 5.08. The molecule has 0 bridgehead atoms. The molecule has 0 aliphatic rings. The average molecular weight is 300 g/mol. The fraction of sp³-hybridized carbons (Fsp3) is 0.385. The molecule has 110 valence electrons. The number of carbonyl (C=O) groups is 2. The van der Waals surface area contributed by atoms with Crippen molar-refractivity contribution in [3.05, 3.63) is 35.6 Å². The Hall–Kier alpha value is -1.76. The highest BCUT2D eigenvalue weighted by atomic mass is 32.2. The molecule has 1 atom stereocenters. The number of rotatable bonds is 7. The zero-order valence-electron chi connectivity index (χ0n) is 11.1. The monoisotopic (exact) mass is 300 g/mol. The first-order valence-corrected chi connectivity index (χ1v) is 7.43. The van der Waals surface area contributed by atoms with Crippen molar-refractivity contribution in [2.24, 2.45) is 0 Å². The second kappa shape index (κ2) is 8.42. The summed E-state index contributed by atoms with van der Waals surface area (Å²) in [7, 11) is 0. The molecule has 20 heavy (non-hydrogen) atoms. The third kappa shape index (κ3) is 5.48. The van der Waals surface area contributed by atoms with Crippen molar-refractivity contribution in [2.75, 3.05) is 12.0 Å². The fourth-order valence-corrected chi connectivity index (χ4v) is 1.99. The molecule has 3 N–H and O–H groups in total. The summed E-state index contributed by atoms with van der Waals surface area (Å²) < 4.78 is 13.3. The van der Waals surface area contributed by atoms with Gasteiger partial charge in [0.15, 0.2) is 0 Å². The van der Waals surface area contributed by atoms with E-state index < -0.39 is 23.9 Å². The van der Waals surface area contributed by atoms with E-state index in [0.717, 1.165) is 0 Å². The van der Waals surface area contributed by atoms with E-state index in [1.165, 1.54) is 17.8 Å². The van der Waals surface area contributed by atoms with Gasteiger partial charge < -0.3 is 15.7 Å². The summed E-state index contributed by atoms with van der Waals surface area (Å²) in [6.07, 6.45) is 2.20. The zero-order valence-corrected chi connectivity index (χ0v) is 11.9. The largest absolute Gasteiger partial charge is 0.480 e. The first kappa shape index (κ1) is 16.3. The van der Waals surface area contributed by atoms with Crippen molar-refractivity contribution in [1.82, 2.24) is 10.6 Å². The molecule has 1 aromatic carbocycles. The first-order valence-electron chi connectivity index (χ1n) is 6.04. The van der Waals surface area contributed by atoms with Crippen LogP contribution >= 0.6 is 11.8 Å². The maximum Gasteiger partial charge on any atom is 0.326 e. The van der Waals surface area contributed by atoms with Gasteiger partial charge in [-0.15, -0.1) is 0 Å². The number of hydrogen-bond acceptors (Lipinski definition) is 3. The Morgan fingerprint density at radius 3 is 2.70 bits per heavy atom. The van der Waals surface area contributed by atoms with E-state index in [9.17, 15) is 14.0 Å². The maximum atomic E-state index is 13.3. The van der Waals surface area contributed by atoms with E-state index >= 15 is 0 Å². The minimum atomic E-state index is -1.08. The smallest absolute Gasteiger partial charge is 0.326 e. The molecule has 2 amide bonds. The van der Waals surface area contributed by atoms with Gasteiger partial charge in [-0.25, -0.2) is 14.0 Å². The topological polar surface area (TPSA) is 78.4 Å². The van der Waals surface area contributed by atoms with E-state index in [1.54, 1.807) is 18.2 Å². The van der Waals surface area contributed by atoms with Crippen LogP contribution in [0.2, 0.25) is 0 Å². The van der Waals surface area contributed by atoms with Gasteiger partial charge in [-0.3, -0.25) is 0 Å². The highest BCUT2D eigenvalue weighted by molar-refractivity contribution is 7.98. The van der Waals surface area contributed by atoms with Crippen molar-refractivity contribution >= 4 is 23.8 Å². The third-order valence-corrected chi connectivity index (χ3v) is 3.26. The molecule has 0 spiro atoms. The fourth-order valence-electron chi connectivity index (χ4n) is 1.52. The number of nitrogens with one attached hydrogen (secondary N) is 2. The number of hydrogen-bond donors (Lipinski definition) is 3.